The minimum absolute atomic E-state index is 0. The van der Waals surface area contributed by atoms with Gasteiger partial charge in [-0.25, -0.2) is 0 Å². The second kappa shape index (κ2) is 3.34. The first-order chi connectivity index (χ1) is 2.89. The predicted molar refractivity (Wildman–Crippen MR) is 24.6 cm³/mol. The molecule has 0 saturated heterocycles. The molecule has 0 aliphatic carbocycles. The molecule has 2 N–H and O–H groups in total. The first-order valence-corrected chi connectivity index (χ1v) is 1.89. The number of guanidine groups is 1. The van der Waals surface area contributed by atoms with E-state index in [4.69, 9.17) is 5.73 Å². The second-order valence-electron chi connectivity index (χ2n) is 1.16. The zero-order valence-corrected chi connectivity index (χ0v) is 8.03. The van der Waals surface area contributed by atoms with E-state index in [0.717, 1.165) is 13.1 Å². The summed E-state index contributed by atoms with van der Waals surface area (Å²) in [5, 5.41) is 2.74. The van der Waals surface area contributed by atoms with Gasteiger partial charge in [-0.1, -0.05) is 0 Å². The molecule has 1 heterocycles. The molecule has 1 aliphatic heterocycles. The van der Waals surface area contributed by atoms with Gasteiger partial charge in [-0.15, -0.1) is 0 Å². The Labute approximate surface area is 66.1 Å². The summed E-state index contributed by atoms with van der Waals surface area (Å²) in [6.45, 7) is 1.62. The van der Waals surface area contributed by atoms with Crippen molar-refractivity contribution >= 4 is 5.96 Å². The molecule has 0 aromatic heterocycles. The van der Waals surface area contributed by atoms with Gasteiger partial charge in [-0.3, -0.25) is 0 Å². The van der Waals surface area contributed by atoms with Crippen LogP contribution in [0, 0.1) is 31.1 Å². The summed E-state index contributed by atoms with van der Waals surface area (Å²) < 4.78 is 0. The molecular weight excluding hydrogens is 316 g/mol. The minimum Gasteiger partial charge on any atom is -0.440 e. The first kappa shape index (κ1) is 7.32. The summed E-state index contributed by atoms with van der Waals surface area (Å²) in [6.07, 6.45) is 0. The maximum Gasteiger partial charge on any atom is 0.00298 e. The normalized spacial score (nSPS) is 16.9. The van der Waals surface area contributed by atoms with Gasteiger partial charge in [0.15, 0.2) is 0 Å². The number of hydrogen-bond acceptors (Lipinski definition) is 2. The average Bonchev–Trinajstić information content (AvgIpc) is 1.86. The Hall–Kier alpha value is 0.322. The van der Waals surface area contributed by atoms with Crippen LogP contribution in [0.2, 0.25) is 0 Å². The molecule has 1 aliphatic rings. The van der Waals surface area contributed by atoms with Crippen molar-refractivity contribution < 1.29 is 31.1 Å². The Balaban J connectivity index is 0.000000360. The van der Waals surface area contributed by atoms with Crippen molar-refractivity contribution in [3.05, 3.63) is 5.73 Å². The predicted octanol–water partition coefficient (Wildman–Crippen LogP) is -0.00220. The third kappa shape index (κ3) is 2.20. The van der Waals surface area contributed by atoms with Gasteiger partial charge in [0, 0.05) is 37.1 Å². The van der Waals surface area contributed by atoms with Crippen LogP contribution < -0.4 is 5.32 Å². The number of rotatable bonds is 0. The molecule has 1 rings (SSSR count). The van der Waals surface area contributed by atoms with Gasteiger partial charge in [0.25, 0.3) is 0 Å². The Bertz CT molecular complexity index is 80.2. The van der Waals surface area contributed by atoms with Crippen LogP contribution in [-0.2, 0) is 0 Å². The zero-order valence-electron chi connectivity index (χ0n) is 3.86. The minimum atomic E-state index is 0. The van der Waals surface area contributed by atoms with Gasteiger partial charge in [-0.05, 0) is 13.1 Å². The second-order valence-corrected chi connectivity index (χ2v) is 1.16. The molecule has 7 heavy (non-hydrogen) atoms. The van der Waals surface area contributed by atoms with Gasteiger partial charge >= 0.3 is 0 Å². The van der Waals surface area contributed by atoms with Gasteiger partial charge in [0.2, 0.25) is 0 Å². The van der Waals surface area contributed by atoms with Gasteiger partial charge in [0.05, 0.1) is 0 Å². The molecule has 38 valence electrons. The molecular formula is C3H6N3U-. The van der Waals surface area contributed by atoms with Crippen LogP contribution in [0.15, 0.2) is 4.99 Å². The van der Waals surface area contributed by atoms with Gasteiger partial charge < -0.3 is 16.0 Å². The van der Waals surface area contributed by atoms with Crippen molar-refractivity contribution in [2.75, 3.05) is 13.1 Å². The van der Waals surface area contributed by atoms with E-state index in [1.807, 2.05) is 0 Å². The quantitative estimate of drug-likeness (QED) is 0.670. The standard InChI is InChI=1S/C3H6N3.U/c4-3-5-1-2-6-3;/h1-2H2,(H2-,4,5,6);/q-1;. The molecule has 0 aromatic carbocycles. The van der Waals surface area contributed by atoms with Crippen LogP contribution >= 0.6 is 0 Å². The van der Waals surface area contributed by atoms with E-state index in [2.05, 4.69) is 10.3 Å². The van der Waals surface area contributed by atoms with Crippen molar-refractivity contribution in [1.29, 1.82) is 0 Å². The van der Waals surface area contributed by atoms with Crippen LogP contribution in [0.3, 0.4) is 0 Å². The summed E-state index contributed by atoms with van der Waals surface area (Å²) in [5.41, 5.74) is 6.77. The maximum absolute atomic E-state index is 6.77. The van der Waals surface area contributed by atoms with E-state index < -0.39 is 0 Å². The molecule has 0 radical (unpaired) electrons. The van der Waals surface area contributed by atoms with Crippen molar-refractivity contribution in [2.24, 2.45) is 4.99 Å². The average molecular weight is 322 g/mol. The van der Waals surface area contributed by atoms with E-state index in [9.17, 15) is 0 Å². The molecule has 0 atom stereocenters. The number of hydrogen-bond donors (Lipinski definition) is 1. The topological polar surface area (TPSA) is 48.2 Å². The smallest absolute Gasteiger partial charge is 0.00298 e. The van der Waals surface area contributed by atoms with Crippen molar-refractivity contribution in [3.8, 4) is 0 Å². The maximum atomic E-state index is 6.77. The Morgan fingerprint density at radius 3 is 2.57 bits per heavy atom. The molecule has 3 nitrogen and oxygen atoms in total. The molecule has 0 spiro atoms. The molecule has 4 heteroatoms. The summed E-state index contributed by atoms with van der Waals surface area (Å²) >= 11 is 0. The fourth-order valence-electron chi connectivity index (χ4n) is 0.398. The third-order valence-corrected chi connectivity index (χ3v) is 0.674. The van der Waals surface area contributed by atoms with E-state index >= 15 is 0 Å². The largest absolute Gasteiger partial charge is 0.440 e. The van der Waals surface area contributed by atoms with Crippen molar-refractivity contribution in [2.45, 2.75) is 0 Å². The van der Waals surface area contributed by atoms with Crippen molar-refractivity contribution in [3.63, 3.8) is 0 Å². The van der Waals surface area contributed by atoms with Crippen molar-refractivity contribution in [1.82, 2.24) is 5.32 Å². The molecule has 0 saturated carbocycles. The van der Waals surface area contributed by atoms with E-state index in [0.29, 0.717) is 5.96 Å². The van der Waals surface area contributed by atoms with Crippen LogP contribution in [0.1, 0.15) is 0 Å². The van der Waals surface area contributed by atoms with Crippen LogP contribution in [0.5, 0.6) is 0 Å². The summed E-state index contributed by atoms with van der Waals surface area (Å²) in [6, 6.07) is 0. The summed E-state index contributed by atoms with van der Waals surface area (Å²) in [5.74, 6) is 0.329. The number of aliphatic imine (C=N–C) groups is 1. The van der Waals surface area contributed by atoms with E-state index in [-0.39, 0.29) is 31.1 Å². The number of nitrogens with one attached hydrogen (secondary N) is 2. The monoisotopic (exact) mass is 322 g/mol. The van der Waals surface area contributed by atoms with E-state index in [1.54, 1.807) is 0 Å². The fraction of sp³-hybridized carbons (Fsp3) is 0.667. The van der Waals surface area contributed by atoms with Crippen LogP contribution in [0.25, 0.3) is 5.73 Å². The SMILES string of the molecule is [NH-]C1=NCCN1.[U]. The molecule has 0 aromatic rings. The molecule has 0 bridgehead atoms. The molecule has 0 amide bonds. The van der Waals surface area contributed by atoms with Crippen LogP contribution in [-0.4, -0.2) is 19.0 Å². The Morgan fingerprint density at radius 1 is 1.71 bits per heavy atom. The fourth-order valence-corrected chi connectivity index (χ4v) is 0.398. The zero-order chi connectivity index (χ0) is 4.41. The summed E-state index contributed by atoms with van der Waals surface area (Å²) in [4.78, 5) is 3.71. The Morgan fingerprint density at radius 2 is 2.43 bits per heavy atom. The molecule has 0 fully saturated rings. The third-order valence-electron chi connectivity index (χ3n) is 0.674. The van der Waals surface area contributed by atoms with Gasteiger partial charge in [0.1, 0.15) is 0 Å². The number of nitrogens with zero attached hydrogens (tertiary/aromatic N) is 1. The van der Waals surface area contributed by atoms with Gasteiger partial charge in [-0.2, -0.15) is 0 Å². The first-order valence-electron chi connectivity index (χ1n) is 1.89. The Kier molecular flexibility index (Phi) is 3.49. The summed E-state index contributed by atoms with van der Waals surface area (Å²) in [7, 11) is 0. The molecule has 0 unspecified atom stereocenters. The van der Waals surface area contributed by atoms with E-state index in [1.165, 1.54) is 0 Å². The van der Waals surface area contributed by atoms with Crippen LogP contribution in [0.4, 0.5) is 0 Å².